The number of fused-ring (bicyclic) bond motifs is 1. The average Bonchev–Trinajstić information content (AvgIpc) is 3.59. The number of piperidine rings is 1. The zero-order chi connectivity index (χ0) is 30.6. The minimum absolute atomic E-state index is 0.105. The molecule has 2 aromatic carbocycles. The Morgan fingerprint density at radius 2 is 1.80 bits per heavy atom. The standard InChI is InChI=1S/C32H38N8O4/c1-38(2)29-28(30(41)31(29)42)33-12-5-17-44-23-7-8-24-25(18-23)35-20-36-27(24)21-10-15-40(16-11-21)32(43)37-22-6-9-26(34-19-22)39-13-3-4-14-39/h6-9,18-21,33H,3-5,10-17H2,1-2H3,(H,37,43). The summed E-state index contributed by atoms with van der Waals surface area (Å²) in [5.41, 5.74) is 2.40. The fourth-order valence-corrected chi connectivity index (χ4v) is 6.07. The molecule has 12 nitrogen and oxygen atoms in total. The van der Waals surface area contributed by atoms with Gasteiger partial charge in [-0.1, -0.05) is 0 Å². The molecular formula is C32H38N8O4. The van der Waals surface area contributed by atoms with Crippen molar-refractivity contribution in [2.75, 3.05) is 73.9 Å². The van der Waals surface area contributed by atoms with Gasteiger partial charge in [-0.25, -0.2) is 19.7 Å². The molecular weight excluding hydrogens is 560 g/mol. The molecule has 2 saturated heterocycles. The normalized spacial score (nSPS) is 15.6. The van der Waals surface area contributed by atoms with E-state index in [1.165, 1.54) is 12.8 Å². The van der Waals surface area contributed by atoms with E-state index in [9.17, 15) is 14.4 Å². The maximum Gasteiger partial charge on any atom is 0.321 e. The Kier molecular flexibility index (Phi) is 8.58. The second-order valence-corrected chi connectivity index (χ2v) is 11.6. The number of hydrogen-bond acceptors (Lipinski definition) is 10. The van der Waals surface area contributed by atoms with Crippen LogP contribution in [-0.4, -0.2) is 79.3 Å². The zero-order valence-corrected chi connectivity index (χ0v) is 25.2. The number of pyridine rings is 1. The molecule has 0 radical (unpaired) electrons. The lowest BCUT2D eigenvalue weighted by Gasteiger charge is -2.32. The number of amides is 2. The number of nitrogens with one attached hydrogen (secondary N) is 2. The highest BCUT2D eigenvalue weighted by Gasteiger charge is 2.26. The number of carbonyl (C=O) groups excluding carboxylic acids is 1. The van der Waals surface area contributed by atoms with Crippen LogP contribution in [0.1, 0.15) is 43.7 Å². The van der Waals surface area contributed by atoms with Crippen molar-refractivity contribution >= 4 is 39.8 Å². The third kappa shape index (κ3) is 6.15. The zero-order valence-electron chi connectivity index (χ0n) is 25.2. The van der Waals surface area contributed by atoms with Crippen molar-refractivity contribution in [3.63, 3.8) is 0 Å². The molecule has 0 saturated carbocycles. The molecule has 4 aromatic rings. The molecule has 2 aromatic heterocycles. The fraction of sp³-hybridized carbons (Fsp3) is 0.438. The lowest BCUT2D eigenvalue weighted by atomic mass is 9.91. The number of rotatable bonds is 10. The highest BCUT2D eigenvalue weighted by atomic mass is 16.5. The summed E-state index contributed by atoms with van der Waals surface area (Å²) in [5, 5.41) is 7.04. The molecule has 44 heavy (non-hydrogen) atoms. The van der Waals surface area contributed by atoms with Crippen molar-refractivity contribution in [1.82, 2.24) is 19.9 Å². The third-order valence-electron chi connectivity index (χ3n) is 8.46. The molecule has 2 aliphatic heterocycles. The first-order chi connectivity index (χ1) is 21.4. The predicted molar refractivity (Wildman–Crippen MR) is 172 cm³/mol. The van der Waals surface area contributed by atoms with Gasteiger partial charge < -0.3 is 30.1 Å². The molecule has 2 fully saturated rings. The molecule has 0 atom stereocenters. The number of hydrogen-bond donors (Lipinski definition) is 2. The summed E-state index contributed by atoms with van der Waals surface area (Å²) < 4.78 is 5.94. The van der Waals surface area contributed by atoms with Crippen molar-refractivity contribution in [2.45, 2.75) is 38.0 Å². The predicted octanol–water partition coefficient (Wildman–Crippen LogP) is 3.58. The van der Waals surface area contributed by atoms with E-state index in [0.717, 1.165) is 48.3 Å². The molecule has 0 aliphatic carbocycles. The number of nitrogens with zero attached hydrogens (tertiary/aromatic N) is 6. The summed E-state index contributed by atoms with van der Waals surface area (Å²) in [4.78, 5) is 55.9. The van der Waals surface area contributed by atoms with E-state index in [1.807, 2.05) is 35.2 Å². The SMILES string of the molecule is CN(C)c1c(NCCCOc2ccc3c(C4CCN(C(=O)Nc5ccc(N6CCCC6)nc5)CC4)ncnc3c2)c(=O)c1=O. The van der Waals surface area contributed by atoms with Crippen LogP contribution in [0.4, 0.5) is 27.7 Å². The van der Waals surface area contributed by atoms with Crippen LogP contribution in [0, 0.1) is 0 Å². The molecule has 0 spiro atoms. The van der Waals surface area contributed by atoms with Crippen LogP contribution in [-0.2, 0) is 0 Å². The largest absolute Gasteiger partial charge is 0.493 e. The van der Waals surface area contributed by atoms with Crippen molar-refractivity contribution in [2.24, 2.45) is 0 Å². The van der Waals surface area contributed by atoms with E-state index < -0.39 is 10.9 Å². The van der Waals surface area contributed by atoms with Crippen LogP contribution in [0.2, 0.25) is 0 Å². The van der Waals surface area contributed by atoms with Crippen LogP contribution < -0.4 is 36.0 Å². The van der Waals surface area contributed by atoms with Crippen LogP contribution in [0.15, 0.2) is 52.4 Å². The van der Waals surface area contributed by atoms with Crippen molar-refractivity contribution in [1.29, 1.82) is 0 Å². The lowest BCUT2D eigenvalue weighted by molar-refractivity contribution is 0.194. The minimum atomic E-state index is -0.468. The van der Waals surface area contributed by atoms with Gasteiger partial charge in [-0.15, -0.1) is 0 Å². The van der Waals surface area contributed by atoms with Gasteiger partial charge in [0, 0.05) is 64.2 Å². The summed E-state index contributed by atoms with van der Waals surface area (Å²) in [6.07, 6.45) is 8.02. The van der Waals surface area contributed by atoms with E-state index in [2.05, 4.69) is 30.5 Å². The Morgan fingerprint density at radius 1 is 1.00 bits per heavy atom. The van der Waals surface area contributed by atoms with Gasteiger partial charge in [0.1, 0.15) is 29.3 Å². The first-order valence-electron chi connectivity index (χ1n) is 15.3. The summed E-state index contributed by atoms with van der Waals surface area (Å²) >= 11 is 0. The number of benzene rings is 1. The summed E-state index contributed by atoms with van der Waals surface area (Å²) in [5.74, 6) is 1.90. The molecule has 0 unspecified atom stereocenters. The van der Waals surface area contributed by atoms with Gasteiger partial charge in [-0.3, -0.25) is 9.59 Å². The molecule has 6 rings (SSSR count). The maximum absolute atomic E-state index is 12.9. The van der Waals surface area contributed by atoms with Crippen LogP contribution in [0.3, 0.4) is 0 Å². The maximum atomic E-state index is 12.9. The highest BCUT2D eigenvalue weighted by Crippen LogP contribution is 2.32. The molecule has 2 N–H and O–H groups in total. The monoisotopic (exact) mass is 598 g/mol. The summed E-state index contributed by atoms with van der Waals surface area (Å²) in [6, 6.07) is 9.64. The number of likely N-dealkylation sites (tertiary alicyclic amines) is 1. The van der Waals surface area contributed by atoms with Crippen molar-refractivity contribution < 1.29 is 9.53 Å². The first-order valence-corrected chi connectivity index (χ1v) is 15.3. The van der Waals surface area contributed by atoms with Gasteiger partial charge in [-0.05, 0) is 56.4 Å². The Labute approximate surface area is 255 Å². The molecule has 12 heteroatoms. The Morgan fingerprint density at radius 3 is 2.52 bits per heavy atom. The van der Waals surface area contributed by atoms with Gasteiger partial charge in [0.15, 0.2) is 0 Å². The third-order valence-corrected chi connectivity index (χ3v) is 8.46. The van der Waals surface area contributed by atoms with Gasteiger partial charge >= 0.3 is 6.03 Å². The number of urea groups is 1. The van der Waals surface area contributed by atoms with Crippen molar-refractivity contribution in [3.05, 3.63) is 69.0 Å². The molecule has 2 aliphatic rings. The number of anilines is 4. The Hall–Kier alpha value is -4.74. The second-order valence-electron chi connectivity index (χ2n) is 11.6. The number of aromatic nitrogens is 3. The molecule has 4 heterocycles. The molecule has 0 bridgehead atoms. The van der Waals surface area contributed by atoms with E-state index >= 15 is 0 Å². The minimum Gasteiger partial charge on any atom is -0.493 e. The lowest BCUT2D eigenvalue weighted by Crippen LogP contribution is -2.40. The average molecular weight is 599 g/mol. The van der Waals surface area contributed by atoms with E-state index in [-0.39, 0.29) is 11.9 Å². The van der Waals surface area contributed by atoms with Gasteiger partial charge in [0.25, 0.3) is 10.9 Å². The van der Waals surface area contributed by atoms with Crippen LogP contribution in [0.5, 0.6) is 5.75 Å². The smallest absolute Gasteiger partial charge is 0.321 e. The quantitative estimate of drug-likeness (QED) is 0.206. The number of ether oxygens (including phenoxy) is 1. The second kappa shape index (κ2) is 12.9. The van der Waals surface area contributed by atoms with Crippen LogP contribution in [0.25, 0.3) is 10.9 Å². The van der Waals surface area contributed by atoms with Crippen molar-refractivity contribution in [3.8, 4) is 5.75 Å². The van der Waals surface area contributed by atoms with E-state index in [1.54, 1.807) is 31.5 Å². The van der Waals surface area contributed by atoms with E-state index in [4.69, 9.17) is 4.74 Å². The summed E-state index contributed by atoms with van der Waals surface area (Å²) in [6.45, 7) is 4.32. The topological polar surface area (TPSA) is 133 Å². The first kappa shape index (κ1) is 29.3. The Balaban J connectivity index is 0.988. The number of carbonyl (C=O) groups is 1. The Bertz CT molecular complexity index is 1690. The van der Waals surface area contributed by atoms with Gasteiger partial charge in [0.05, 0.1) is 29.7 Å². The van der Waals surface area contributed by atoms with E-state index in [0.29, 0.717) is 55.5 Å². The van der Waals surface area contributed by atoms with Crippen LogP contribution >= 0.6 is 0 Å². The molecule has 2 amide bonds. The summed E-state index contributed by atoms with van der Waals surface area (Å²) in [7, 11) is 3.49. The van der Waals surface area contributed by atoms with Gasteiger partial charge in [-0.2, -0.15) is 0 Å². The molecule has 230 valence electrons. The van der Waals surface area contributed by atoms with Gasteiger partial charge in [0.2, 0.25) is 0 Å². The highest BCUT2D eigenvalue weighted by molar-refractivity contribution is 5.89. The fourth-order valence-electron chi connectivity index (χ4n) is 6.07.